The topological polar surface area (TPSA) is 65.8 Å². The van der Waals surface area contributed by atoms with Crippen LogP contribution < -0.4 is 5.56 Å². The second kappa shape index (κ2) is 4.72. The number of rotatable bonds is 2. The zero-order valence-electron chi connectivity index (χ0n) is 11.7. The van der Waals surface area contributed by atoms with Crippen LogP contribution in [0.15, 0.2) is 27.7 Å². The predicted molar refractivity (Wildman–Crippen MR) is 70.3 cm³/mol. The number of hydrogen-bond donors (Lipinski definition) is 0. The standard InChI is InChI=1S/C13H11F3N4O2/c1-7-5-9(13(14,15)16)10-11(17-7)19(2)20(12(10)21)6-8-3-4-22-18-8/h3-5H,6H2,1-2H3. The van der Waals surface area contributed by atoms with Crippen LogP contribution in [0.4, 0.5) is 13.2 Å². The van der Waals surface area contributed by atoms with Gasteiger partial charge in [-0.1, -0.05) is 5.16 Å². The molecule has 22 heavy (non-hydrogen) atoms. The number of nitrogens with zero attached hydrogens (tertiary/aromatic N) is 4. The zero-order chi connectivity index (χ0) is 16.1. The maximum atomic E-state index is 13.2. The molecular weight excluding hydrogens is 301 g/mol. The number of pyridine rings is 1. The van der Waals surface area contributed by atoms with Crippen LogP contribution >= 0.6 is 0 Å². The second-order valence-corrected chi connectivity index (χ2v) is 4.88. The summed E-state index contributed by atoms with van der Waals surface area (Å²) in [7, 11) is 1.48. The van der Waals surface area contributed by atoms with Crippen molar-refractivity contribution in [2.75, 3.05) is 0 Å². The van der Waals surface area contributed by atoms with Gasteiger partial charge in [0.25, 0.3) is 5.56 Å². The molecule has 3 rings (SSSR count). The molecule has 0 saturated carbocycles. The Morgan fingerprint density at radius 3 is 2.68 bits per heavy atom. The number of hydrogen-bond acceptors (Lipinski definition) is 4. The Balaban J connectivity index is 2.31. The van der Waals surface area contributed by atoms with Crippen LogP contribution in [0, 0.1) is 6.92 Å². The fourth-order valence-corrected chi connectivity index (χ4v) is 2.36. The summed E-state index contributed by atoms with van der Waals surface area (Å²) in [4.78, 5) is 16.5. The third-order valence-corrected chi connectivity index (χ3v) is 3.35. The van der Waals surface area contributed by atoms with Crippen LogP contribution in [0.1, 0.15) is 17.0 Å². The van der Waals surface area contributed by atoms with Gasteiger partial charge in [-0.05, 0) is 13.0 Å². The molecule has 0 unspecified atom stereocenters. The first-order valence-corrected chi connectivity index (χ1v) is 6.32. The van der Waals surface area contributed by atoms with Crippen LogP contribution in [0.2, 0.25) is 0 Å². The summed E-state index contributed by atoms with van der Waals surface area (Å²) in [6.45, 7) is 1.45. The van der Waals surface area contributed by atoms with Crippen LogP contribution in [-0.2, 0) is 19.8 Å². The fraction of sp³-hybridized carbons (Fsp3) is 0.308. The smallest absolute Gasteiger partial charge is 0.364 e. The summed E-state index contributed by atoms with van der Waals surface area (Å²) in [6, 6.07) is 2.41. The van der Waals surface area contributed by atoms with Gasteiger partial charge in [0.05, 0.1) is 17.5 Å². The van der Waals surface area contributed by atoms with Gasteiger partial charge in [0.2, 0.25) is 0 Å². The molecule has 3 aromatic heterocycles. The lowest BCUT2D eigenvalue weighted by Crippen LogP contribution is -2.23. The Labute approximate surface area is 121 Å². The number of fused-ring (bicyclic) bond motifs is 1. The van der Waals surface area contributed by atoms with Crippen molar-refractivity contribution in [1.29, 1.82) is 0 Å². The molecule has 0 spiro atoms. The van der Waals surface area contributed by atoms with Crippen LogP contribution in [0.25, 0.3) is 11.0 Å². The highest BCUT2D eigenvalue weighted by molar-refractivity contribution is 5.79. The van der Waals surface area contributed by atoms with Gasteiger partial charge in [-0.2, -0.15) is 13.2 Å². The minimum Gasteiger partial charge on any atom is -0.364 e. The summed E-state index contributed by atoms with van der Waals surface area (Å²) >= 11 is 0. The molecular formula is C13H11F3N4O2. The number of alkyl halides is 3. The van der Waals surface area contributed by atoms with E-state index >= 15 is 0 Å². The lowest BCUT2D eigenvalue weighted by atomic mass is 10.1. The third kappa shape index (κ3) is 2.18. The summed E-state index contributed by atoms with van der Waals surface area (Å²) in [5.74, 6) is 0. The Morgan fingerprint density at radius 1 is 1.36 bits per heavy atom. The molecule has 0 aliphatic carbocycles. The first-order chi connectivity index (χ1) is 10.3. The first kappa shape index (κ1) is 14.4. The highest BCUT2D eigenvalue weighted by Gasteiger charge is 2.36. The molecule has 0 saturated heterocycles. The maximum absolute atomic E-state index is 13.2. The van der Waals surface area contributed by atoms with E-state index < -0.39 is 22.7 Å². The minimum atomic E-state index is -4.63. The quantitative estimate of drug-likeness (QED) is 0.727. The molecule has 3 heterocycles. The molecule has 0 fully saturated rings. The predicted octanol–water partition coefficient (Wildman–Crippen LogP) is 2.10. The van der Waals surface area contributed by atoms with E-state index in [1.54, 1.807) is 0 Å². The summed E-state index contributed by atoms with van der Waals surface area (Å²) in [6.07, 6.45) is -3.30. The van der Waals surface area contributed by atoms with E-state index in [0.29, 0.717) is 5.69 Å². The lowest BCUT2D eigenvalue weighted by molar-refractivity contribution is -0.136. The molecule has 0 atom stereocenters. The molecule has 0 aliphatic rings. The van der Waals surface area contributed by atoms with Gasteiger partial charge in [-0.15, -0.1) is 0 Å². The van der Waals surface area contributed by atoms with E-state index in [9.17, 15) is 18.0 Å². The molecule has 0 aliphatic heterocycles. The Hall–Kier alpha value is -2.58. The van der Waals surface area contributed by atoms with Crippen molar-refractivity contribution in [2.24, 2.45) is 7.05 Å². The van der Waals surface area contributed by atoms with Crippen molar-refractivity contribution >= 4 is 11.0 Å². The fourth-order valence-electron chi connectivity index (χ4n) is 2.36. The average Bonchev–Trinajstić information content (AvgIpc) is 3.01. The maximum Gasteiger partial charge on any atom is 0.417 e. The van der Waals surface area contributed by atoms with E-state index in [4.69, 9.17) is 0 Å². The van der Waals surface area contributed by atoms with Crippen molar-refractivity contribution in [3.05, 3.63) is 45.7 Å². The first-order valence-electron chi connectivity index (χ1n) is 6.32. The van der Waals surface area contributed by atoms with Crippen molar-refractivity contribution in [3.63, 3.8) is 0 Å². The molecule has 116 valence electrons. The van der Waals surface area contributed by atoms with E-state index in [-0.39, 0.29) is 17.9 Å². The summed E-state index contributed by atoms with van der Waals surface area (Å²) in [5.41, 5.74) is -1.14. The van der Waals surface area contributed by atoms with Crippen molar-refractivity contribution in [3.8, 4) is 0 Å². The van der Waals surface area contributed by atoms with Crippen LogP contribution in [-0.4, -0.2) is 19.5 Å². The average molecular weight is 312 g/mol. The Morgan fingerprint density at radius 2 is 2.09 bits per heavy atom. The Bertz CT molecular complexity index is 891. The highest BCUT2D eigenvalue weighted by Crippen LogP contribution is 2.33. The highest BCUT2D eigenvalue weighted by atomic mass is 19.4. The zero-order valence-corrected chi connectivity index (χ0v) is 11.7. The van der Waals surface area contributed by atoms with Crippen LogP contribution in [0.3, 0.4) is 0 Å². The van der Waals surface area contributed by atoms with Gasteiger partial charge in [-0.25, -0.2) is 9.67 Å². The third-order valence-electron chi connectivity index (χ3n) is 3.35. The number of aromatic nitrogens is 4. The van der Waals surface area contributed by atoms with Crippen molar-refractivity contribution in [1.82, 2.24) is 19.5 Å². The van der Waals surface area contributed by atoms with Gasteiger partial charge >= 0.3 is 6.18 Å². The van der Waals surface area contributed by atoms with Gasteiger partial charge in [0.1, 0.15) is 12.0 Å². The Kier molecular flexibility index (Phi) is 3.08. The van der Waals surface area contributed by atoms with Crippen molar-refractivity contribution < 1.29 is 17.7 Å². The van der Waals surface area contributed by atoms with Gasteiger partial charge < -0.3 is 4.52 Å². The molecule has 0 aromatic carbocycles. The SMILES string of the molecule is Cc1cc(C(F)(F)F)c2c(=O)n(Cc3ccon3)n(C)c2n1. The number of aryl methyl sites for hydroxylation is 2. The van der Waals surface area contributed by atoms with Crippen LogP contribution in [0.5, 0.6) is 0 Å². The van der Waals surface area contributed by atoms with E-state index in [0.717, 1.165) is 10.7 Å². The number of halogens is 3. The summed E-state index contributed by atoms with van der Waals surface area (Å²) in [5, 5.41) is 3.22. The second-order valence-electron chi connectivity index (χ2n) is 4.88. The van der Waals surface area contributed by atoms with Gasteiger partial charge in [-0.3, -0.25) is 9.48 Å². The minimum absolute atomic E-state index is 0.00145. The summed E-state index contributed by atoms with van der Waals surface area (Å²) < 4.78 is 46.7. The normalized spacial score (nSPS) is 12.2. The van der Waals surface area contributed by atoms with E-state index in [1.807, 2.05) is 0 Å². The molecule has 0 bridgehead atoms. The van der Waals surface area contributed by atoms with Crippen molar-refractivity contribution in [2.45, 2.75) is 19.6 Å². The van der Waals surface area contributed by atoms with E-state index in [1.165, 1.54) is 31.0 Å². The van der Waals surface area contributed by atoms with Gasteiger partial charge in [0.15, 0.2) is 5.65 Å². The largest absolute Gasteiger partial charge is 0.417 e. The molecule has 0 radical (unpaired) electrons. The monoisotopic (exact) mass is 312 g/mol. The molecule has 9 heteroatoms. The molecule has 3 aromatic rings. The lowest BCUT2D eigenvalue weighted by Gasteiger charge is -2.08. The van der Waals surface area contributed by atoms with Gasteiger partial charge in [0, 0.05) is 18.8 Å². The molecule has 0 amide bonds. The molecule has 0 N–H and O–H groups in total. The van der Waals surface area contributed by atoms with E-state index in [2.05, 4.69) is 14.7 Å². The molecule has 6 nitrogen and oxygen atoms in total.